The van der Waals surface area contributed by atoms with Gasteiger partial charge in [0.05, 0.1) is 28.7 Å². The summed E-state index contributed by atoms with van der Waals surface area (Å²) < 4.78 is 33.4. The Morgan fingerprint density at radius 3 is 2.24 bits per heavy atom. The highest BCUT2D eigenvalue weighted by molar-refractivity contribution is 7.99. The van der Waals surface area contributed by atoms with E-state index in [0.717, 1.165) is 80.8 Å². The number of hydrogen-bond donors (Lipinski definition) is 3. The number of halogens is 1. The SMILES string of the molecule is [C-]#[N+]c1cnc2c(c1)c(C(=O)C(C(=O)Nc1cc(S(=O)(=O)NCCCCCCCC)ccc1Cl)n1c(O)c(SCCCCCCCC)n(Cc3ccccc3)c1=O)c(C)n2CC. The van der Waals surface area contributed by atoms with Crippen molar-refractivity contribution in [2.45, 2.75) is 134 Å². The lowest BCUT2D eigenvalue weighted by atomic mass is 10.0. The van der Waals surface area contributed by atoms with Crippen LogP contribution < -0.4 is 15.7 Å². The Kier molecular flexibility index (Phi) is 17.9. The maximum atomic E-state index is 15.2. The van der Waals surface area contributed by atoms with Crippen LogP contribution in [0.5, 0.6) is 5.88 Å². The normalized spacial score (nSPS) is 12.1. The summed E-state index contributed by atoms with van der Waals surface area (Å²) in [4.78, 5) is 52.7. The number of nitrogens with one attached hydrogen (secondary N) is 2. The predicted octanol–water partition coefficient (Wildman–Crippen LogP) is 10.4. The van der Waals surface area contributed by atoms with Crippen LogP contribution in [-0.2, 0) is 27.9 Å². The molecule has 13 nitrogen and oxygen atoms in total. The Balaban J connectivity index is 1.60. The molecule has 5 rings (SSSR count). The third-order valence-corrected chi connectivity index (χ3v) is 13.9. The van der Waals surface area contributed by atoms with E-state index < -0.39 is 39.3 Å². The van der Waals surface area contributed by atoms with Gasteiger partial charge in [-0.3, -0.25) is 14.2 Å². The van der Waals surface area contributed by atoms with E-state index in [1.54, 1.807) is 11.5 Å². The third-order valence-electron chi connectivity index (χ3n) is 10.9. The molecule has 0 spiro atoms. The Labute approximate surface area is 374 Å². The van der Waals surface area contributed by atoms with Gasteiger partial charge in [0.1, 0.15) is 10.7 Å². The Bertz CT molecular complexity index is 2540. The number of carbonyl (C=O) groups excluding carboxylic acids is 2. The number of carbonyl (C=O) groups is 2. The highest BCUT2D eigenvalue weighted by atomic mass is 35.5. The van der Waals surface area contributed by atoms with Gasteiger partial charge in [0.2, 0.25) is 21.6 Å². The standard InChI is InChI=1S/C46H58ClN7O6S2/c1-6-9-11-13-15-20-26-50-62(59,60)35-24-25-37(47)38(29-35)51-43(56)40(41(55)39-32(4)52(8-3)42-36(39)28-34(48-5)30-49-42)54-44(57)45(61-27-21-16-14-12-10-7-2)53(46(54)58)31-33-22-18-17-19-23-33/h17-19,22-25,28-30,40,50,57H,6-16,20-21,26-27,31H2,1-4H3,(H,51,56). The van der Waals surface area contributed by atoms with Gasteiger partial charge < -0.3 is 15.0 Å². The summed E-state index contributed by atoms with van der Waals surface area (Å²) >= 11 is 7.87. The number of fused-ring (bicyclic) bond motifs is 1. The number of thioether (sulfide) groups is 1. The first-order chi connectivity index (χ1) is 29.9. The molecule has 16 heteroatoms. The first-order valence-electron chi connectivity index (χ1n) is 21.6. The number of amides is 1. The molecule has 5 aromatic rings. The summed E-state index contributed by atoms with van der Waals surface area (Å²) in [6, 6.07) is 12.6. The molecule has 1 unspecified atom stereocenters. The minimum Gasteiger partial charge on any atom is -0.492 e. The van der Waals surface area contributed by atoms with Crippen LogP contribution in [0.25, 0.3) is 15.9 Å². The molecule has 1 atom stereocenters. The molecule has 0 saturated heterocycles. The van der Waals surface area contributed by atoms with Crippen molar-refractivity contribution in [3.05, 3.63) is 105 Å². The number of Topliss-reactive ketones (excluding diaryl/α,β-unsaturated/α-hetero) is 1. The van der Waals surface area contributed by atoms with E-state index in [2.05, 4.69) is 33.7 Å². The molecule has 332 valence electrons. The fourth-order valence-electron chi connectivity index (χ4n) is 7.61. The van der Waals surface area contributed by atoms with Crippen molar-refractivity contribution in [2.24, 2.45) is 0 Å². The molecule has 3 N–H and O–H groups in total. The number of sulfonamides is 1. The number of rotatable bonds is 25. The van der Waals surface area contributed by atoms with Crippen LogP contribution in [0.1, 0.15) is 125 Å². The van der Waals surface area contributed by atoms with Crippen molar-refractivity contribution >= 4 is 67.5 Å². The van der Waals surface area contributed by atoms with Gasteiger partial charge in [-0.05, 0) is 62.3 Å². The van der Waals surface area contributed by atoms with Crippen LogP contribution in [-0.4, -0.2) is 56.2 Å². The number of aryl methyl sites for hydroxylation is 1. The second-order valence-electron chi connectivity index (χ2n) is 15.4. The molecule has 3 aromatic heterocycles. The summed E-state index contributed by atoms with van der Waals surface area (Å²) in [5.41, 5.74) is 0.899. The smallest absolute Gasteiger partial charge is 0.333 e. The van der Waals surface area contributed by atoms with Gasteiger partial charge in [-0.2, -0.15) is 0 Å². The zero-order valence-electron chi connectivity index (χ0n) is 36.1. The van der Waals surface area contributed by atoms with E-state index in [0.29, 0.717) is 35.4 Å². The monoisotopic (exact) mass is 903 g/mol. The van der Waals surface area contributed by atoms with Crippen molar-refractivity contribution in [1.29, 1.82) is 0 Å². The van der Waals surface area contributed by atoms with Gasteiger partial charge in [-0.1, -0.05) is 120 Å². The van der Waals surface area contributed by atoms with E-state index in [1.165, 1.54) is 46.8 Å². The van der Waals surface area contributed by atoms with Gasteiger partial charge in [0, 0.05) is 35.9 Å². The highest BCUT2D eigenvalue weighted by Crippen LogP contribution is 2.36. The molecule has 2 aromatic carbocycles. The minimum atomic E-state index is -4.03. The highest BCUT2D eigenvalue weighted by Gasteiger charge is 2.39. The summed E-state index contributed by atoms with van der Waals surface area (Å²) in [5.74, 6) is -1.88. The number of ketones is 1. The van der Waals surface area contributed by atoms with Crippen LogP contribution in [0.2, 0.25) is 5.02 Å². The lowest BCUT2D eigenvalue weighted by molar-refractivity contribution is -0.118. The topological polar surface area (TPSA) is 162 Å². The zero-order chi connectivity index (χ0) is 44.8. The molecule has 1 amide bonds. The fourth-order valence-corrected chi connectivity index (χ4v) is 9.94. The van der Waals surface area contributed by atoms with Crippen molar-refractivity contribution in [3.63, 3.8) is 0 Å². The minimum absolute atomic E-state index is 0.0162. The maximum Gasteiger partial charge on any atom is 0.333 e. The molecule has 0 aliphatic rings. The van der Waals surface area contributed by atoms with Crippen molar-refractivity contribution < 1.29 is 23.1 Å². The third kappa shape index (κ3) is 11.6. The first-order valence-corrected chi connectivity index (χ1v) is 24.4. The molecule has 62 heavy (non-hydrogen) atoms. The van der Waals surface area contributed by atoms with Gasteiger partial charge in [0.15, 0.2) is 11.8 Å². The predicted molar refractivity (Wildman–Crippen MR) is 248 cm³/mol. The van der Waals surface area contributed by atoms with Gasteiger partial charge >= 0.3 is 5.69 Å². The molecule has 0 radical (unpaired) electrons. The second kappa shape index (κ2) is 23.0. The molecule has 3 heterocycles. The van der Waals surface area contributed by atoms with Crippen molar-refractivity contribution in [2.75, 3.05) is 17.6 Å². The van der Waals surface area contributed by atoms with Gasteiger partial charge in [-0.25, -0.2) is 32.3 Å². The second-order valence-corrected chi connectivity index (χ2v) is 18.7. The summed E-state index contributed by atoms with van der Waals surface area (Å²) in [5, 5.41) is 15.3. The van der Waals surface area contributed by atoms with E-state index in [-0.39, 0.29) is 45.0 Å². The van der Waals surface area contributed by atoms with Gasteiger partial charge in [-0.15, -0.1) is 11.8 Å². The zero-order valence-corrected chi connectivity index (χ0v) is 38.5. The number of anilines is 1. The number of nitrogens with zero attached hydrogens (tertiary/aromatic N) is 5. The quantitative estimate of drug-likeness (QED) is 0.0171. The molecule has 0 saturated carbocycles. The molecular formula is C46H58ClN7O6S2. The molecular weight excluding hydrogens is 846 g/mol. The van der Waals surface area contributed by atoms with Crippen LogP contribution in [0, 0.1) is 13.5 Å². The number of pyridine rings is 1. The number of benzene rings is 2. The van der Waals surface area contributed by atoms with E-state index in [4.69, 9.17) is 18.2 Å². The summed E-state index contributed by atoms with van der Waals surface area (Å²) in [6.45, 7) is 16.2. The van der Waals surface area contributed by atoms with Crippen LogP contribution >= 0.6 is 23.4 Å². The molecule has 0 fully saturated rings. The number of aromatic hydroxyl groups is 1. The largest absolute Gasteiger partial charge is 0.492 e. The number of aromatic nitrogens is 4. The molecule has 0 aliphatic carbocycles. The van der Waals surface area contributed by atoms with Gasteiger partial charge in [0.25, 0.3) is 5.91 Å². The lowest BCUT2D eigenvalue weighted by Gasteiger charge is -2.19. The molecule has 0 aliphatic heterocycles. The maximum absolute atomic E-state index is 15.2. The number of imidazole rings is 1. The first kappa shape index (κ1) is 48.2. The molecule has 0 bridgehead atoms. The number of hydrogen-bond acceptors (Lipinski definition) is 8. The van der Waals surface area contributed by atoms with Crippen molar-refractivity contribution in [1.82, 2.24) is 23.4 Å². The fraction of sp³-hybridized carbons (Fsp3) is 0.457. The van der Waals surface area contributed by atoms with E-state index in [1.807, 2.05) is 37.3 Å². The summed E-state index contributed by atoms with van der Waals surface area (Å²) in [7, 11) is -4.03. The van der Waals surface area contributed by atoms with Crippen molar-refractivity contribution in [3.8, 4) is 5.88 Å². The summed E-state index contributed by atoms with van der Waals surface area (Å²) in [6.07, 6.45) is 13.5. The Hall–Kier alpha value is -4.88. The lowest BCUT2D eigenvalue weighted by Crippen LogP contribution is -2.39. The average molecular weight is 905 g/mol. The van der Waals surface area contributed by atoms with Crippen LogP contribution in [0.3, 0.4) is 0 Å². The van der Waals surface area contributed by atoms with E-state index >= 15 is 4.79 Å². The Morgan fingerprint density at radius 2 is 1.58 bits per heavy atom. The average Bonchev–Trinajstić information content (AvgIpc) is 3.67. The van der Waals surface area contributed by atoms with Crippen LogP contribution in [0.15, 0.2) is 75.5 Å². The number of unbranched alkanes of at least 4 members (excludes halogenated alkanes) is 10. The van der Waals surface area contributed by atoms with Crippen LogP contribution in [0.4, 0.5) is 11.4 Å². The Morgan fingerprint density at radius 1 is 0.919 bits per heavy atom. The van der Waals surface area contributed by atoms with E-state index in [9.17, 15) is 23.1 Å².